The lowest BCUT2D eigenvalue weighted by Crippen LogP contribution is -2.43. The van der Waals surface area contributed by atoms with Crippen LogP contribution in [0.4, 0.5) is 0 Å². The molecule has 2 heterocycles. The van der Waals surface area contributed by atoms with Crippen molar-refractivity contribution in [1.82, 2.24) is 9.47 Å². The van der Waals surface area contributed by atoms with E-state index in [0.717, 1.165) is 36.9 Å². The molecule has 0 radical (unpaired) electrons. The summed E-state index contributed by atoms with van der Waals surface area (Å²) in [6, 6.07) is 8.54. The molecule has 1 fully saturated rings. The molecule has 0 spiro atoms. The van der Waals surface area contributed by atoms with Crippen LogP contribution in [0.25, 0.3) is 0 Å². The van der Waals surface area contributed by atoms with E-state index < -0.39 is 0 Å². The third-order valence-electron chi connectivity index (χ3n) is 6.80. The number of ether oxygens (including phenoxy) is 1. The molecule has 0 N–H and O–H groups in total. The standard InChI is InChI=1S/C26H34N2O3/c1-4-31-26(30)21-11-8-14-27(17-21)25(29)24-19(3)22-12-5-6-13-23(22)28(24)16-20-10-7-9-18(2)15-20/h7,9-10,15,21H,4-6,8,11-14,16-17H2,1-3H3/t21-/m1/s1. The monoisotopic (exact) mass is 422 g/mol. The summed E-state index contributed by atoms with van der Waals surface area (Å²) in [5.41, 5.74) is 7.09. The Bertz CT molecular complexity index is 975. The quantitative estimate of drug-likeness (QED) is 0.669. The molecule has 1 atom stereocenters. The summed E-state index contributed by atoms with van der Waals surface area (Å²) in [4.78, 5) is 28.0. The van der Waals surface area contributed by atoms with Gasteiger partial charge in [0.05, 0.1) is 12.5 Å². The van der Waals surface area contributed by atoms with E-state index in [1.807, 2.05) is 11.8 Å². The van der Waals surface area contributed by atoms with E-state index in [0.29, 0.717) is 26.2 Å². The molecule has 1 amide bonds. The zero-order chi connectivity index (χ0) is 22.0. The van der Waals surface area contributed by atoms with Crippen LogP contribution in [0.3, 0.4) is 0 Å². The molecule has 0 unspecified atom stereocenters. The smallest absolute Gasteiger partial charge is 0.310 e. The lowest BCUT2D eigenvalue weighted by Gasteiger charge is -2.32. The molecule has 2 aliphatic rings. The van der Waals surface area contributed by atoms with Gasteiger partial charge in [-0.3, -0.25) is 9.59 Å². The summed E-state index contributed by atoms with van der Waals surface area (Å²) in [5, 5.41) is 0. The van der Waals surface area contributed by atoms with E-state index in [2.05, 4.69) is 42.7 Å². The van der Waals surface area contributed by atoms with Gasteiger partial charge in [0, 0.05) is 25.3 Å². The Balaban J connectivity index is 1.67. The van der Waals surface area contributed by atoms with Crippen LogP contribution in [0.1, 0.15) is 71.0 Å². The van der Waals surface area contributed by atoms with Gasteiger partial charge in [-0.05, 0) is 76.0 Å². The highest BCUT2D eigenvalue weighted by molar-refractivity contribution is 5.95. The number of esters is 1. The van der Waals surface area contributed by atoms with Crippen LogP contribution in [0, 0.1) is 19.8 Å². The molecular formula is C26H34N2O3. The Morgan fingerprint density at radius 2 is 1.94 bits per heavy atom. The number of hydrogen-bond acceptors (Lipinski definition) is 3. The van der Waals surface area contributed by atoms with Crippen molar-refractivity contribution in [1.29, 1.82) is 0 Å². The first-order valence-corrected chi connectivity index (χ1v) is 11.7. The highest BCUT2D eigenvalue weighted by Gasteiger charge is 2.33. The predicted molar refractivity (Wildman–Crippen MR) is 121 cm³/mol. The van der Waals surface area contributed by atoms with Crippen molar-refractivity contribution in [2.75, 3.05) is 19.7 Å². The summed E-state index contributed by atoms with van der Waals surface area (Å²) in [6.07, 6.45) is 6.07. The van der Waals surface area contributed by atoms with E-state index in [1.54, 1.807) is 0 Å². The molecule has 31 heavy (non-hydrogen) atoms. The molecule has 5 nitrogen and oxygen atoms in total. The maximum Gasteiger partial charge on any atom is 0.310 e. The van der Waals surface area contributed by atoms with Crippen molar-refractivity contribution in [2.24, 2.45) is 5.92 Å². The molecule has 1 aliphatic heterocycles. The molecule has 5 heteroatoms. The Labute approximate surface area is 185 Å². The number of benzene rings is 1. The first kappa shape index (κ1) is 21.7. The highest BCUT2D eigenvalue weighted by atomic mass is 16.5. The van der Waals surface area contributed by atoms with Crippen molar-refractivity contribution in [3.8, 4) is 0 Å². The first-order chi connectivity index (χ1) is 15.0. The number of carbonyl (C=O) groups is 2. The maximum atomic E-state index is 13.8. The van der Waals surface area contributed by atoms with Crippen LogP contribution >= 0.6 is 0 Å². The number of carbonyl (C=O) groups excluding carboxylic acids is 2. The van der Waals surface area contributed by atoms with Crippen LogP contribution in [0.5, 0.6) is 0 Å². The number of piperidine rings is 1. The topological polar surface area (TPSA) is 51.5 Å². The second-order valence-corrected chi connectivity index (χ2v) is 9.02. The van der Waals surface area contributed by atoms with E-state index >= 15 is 0 Å². The normalized spacial score (nSPS) is 18.5. The van der Waals surface area contributed by atoms with Crippen LogP contribution < -0.4 is 0 Å². The lowest BCUT2D eigenvalue weighted by molar-refractivity contribution is -0.149. The number of nitrogens with zero attached hydrogens (tertiary/aromatic N) is 2. The zero-order valence-corrected chi connectivity index (χ0v) is 19.1. The minimum absolute atomic E-state index is 0.0635. The number of likely N-dealkylation sites (tertiary alicyclic amines) is 1. The maximum absolute atomic E-state index is 13.8. The average Bonchev–Trinajstić information content (AvgIpc) is 3.05. The number of fused-ring (bicyclic) bond motifs is 1. The molecule has 2 aromatic rings. The highest BCUT2D eigenvalue weighted by Crippen LogP contribution is 2.32. The number of rotatable bonds is 5. The van der Waals surface area contributed by atoms with Crippen LogP contribution in [0.2, 0.25) is 0 Å². The molecular weight excluding hydrogens is 388 g/mol. The summed E-state index contributed by atoms with van der Waals surface area (Å²) in [5.74, 6) is -0.326. The zero-order valence-electron chi connectivity index (χ0n) is 19.1. The second kappa shape index (κ2) is 9.29. The van der Waals surface area contributed by atoms with Crippen molar-refractivity contribution in [2.45, 2.75) is 65.8 Å². The number of aromatic nitrogens is 1. The van der Waals surface area contributed by atoms with E-state index in [4.69, 9.17) is 4.74 Å². The minimum atomic E-state index is -0.215. The number of hydrogen-bond donors (Lipinski definition) is 0. The third-order valence-corrected chi connectivity index (χ3v) is 6.80. The molecule has 4 rings (SSSR count). The van der Waals surface area contributed by atoms with Crippen molar-refractivity contribution in [3.63, 3.8) is 0 Å². The fourth-order valence-electron chi connectivity index (χ4n) is 5.28. The van der Waals surface area contributed by atoms with Gasteiger partial charge in [-0.2, -0.15) is 0 Å². The van der Waals surface area contributed by atoms with Crippen molar-refractivity contribution >= 4 is 11.9 Å². The van der Waals surface area contributed by atoms with Gasteiger partial charge < -0.3 is 14.2 Å². The van der Waals surface area contributed by atoms with Gasteiger partial charge in [0.15, 0.2) is 0 Å². The number of amides is 1. The van der Waals surface area contributed by atoms with Gasteiger partial charge in [0.2, 0.25) is 0 Å². The Morgan fingerprint density at radius 3 is 2.71 bits per heavy atom. The number of aryl methyl sites for hydroxylation is 1. The SMILES string of the molecule is CCOC(=O)[C@@H]1CCCN(C(=O)c2c(C)c3c(n2Cc2cccc(C)c2)CCCC3)C1. The van der Waals surface area contributed by atoms with Crippen LogP contribution in [-0.2, 0) is 28.9 Å². The molecule has 1 aromatic heterocycles. The summed E-state index contributed by atoms with van der Waals surface area (Å²) in [7, 11) is 0. The molecule has 0 saturated carbocycles. The molecule has 0 bridgehead atoms. The van der Waals surface area contributed by atoms with Crippen LogP contribution in [0.15, 0.2) is 24.3 Å². The third kappa shape index (κ3) is 4.41. The molecule has 166 valence electrons. The van der Waals surface area contributed by atoms with Gasteiger partial charge in [-0.1, -0.05) is 29.8 Å². The fraction of sp³-hybridized carbons (Fsp3) is 0.538. The molecule has 1 aliphatic carbocycles. The predicted octanol–water partition coefficient (Wildman–Crippen LogP) is 4.45. The first-order valence-electron chi connectivity index (χ1n) is 11.7. The Kier molecular flexibility index (Phi) is 6.49. The molecule has 1 aromatic carbocycles. The Hall–Kier alpha value is -2.56. The summed E-state index contributed by atoms with van der Waals surface area (Å²) in [6.45, 7) is 8.30. The van der Waals surface area contributed by atoms with Gasteiger partial charge >= 0.3 is 5.97 Å². The molecule has 1 saturated heterocycles. The van der Waals surface area contributed by atoms with E-state index in [-0.39, 0.29) is 17.8 Å². The van der Waals surface area contributed by atoms with E-state index in [1.165, 1.54) is 35.2 Å². The van der Waals surface area contributed by atoms with Crippen molar-refractivity contribution < 1.29 is 14.3 Å². The van der Waals surface area contributed by atoms with E-state index in [9.17, 15) is 9.59 Å². The Morgan fingerprint density at radius 1 is 1.13 bits per heavy atom. The average molecular weight is 423 g/mol. The van der Waals surface area contributed by atoms with Gasteiger partial charge in [-0.25, -0.2) is 0 Å². The fourth-order valence-corrected chi connectivity index (χ4v) is 5.28. The van der Waals surface area contributed by atoms with Gasteiger partial charge in [0.1, 0.15) is 5.69 Å². The lowest BCUT2D eigenvalue weighted by atomic mass is 9.94. The van der Waals surface area contributed by atoms with Crippen molar-refractivity contribution in [3.05, 3.63) is 57.9 Å². The largest absolute Gasteiger partial charge is 0.466 e. The summed E-state index contributed by atoms with van der Waals surface area (Å²) >= 11 is 0. The second-order valence-electron chi connectivity index (χ2n) is 9.02. The van der Waals surface area contributed by atoms with Gasteiger partial charge in [0.25, 0.3) is 5.91 Å². The van der Waals surface area contributed by atoms with Gasteiger partial charge in [-0.15, -0.1) is 0 Å². The summed E-state index contributed by atoms with van der Waals surface area (Å²) < 4.78 is 7.51. The minimum Gasteiger partial charge on any atom is -0.466 e. The van der Waals surface area contributed by atoms with Crippen LogP contribution in [-0.4, -0.2) is 41.0 Å².